The van der Waals surface area contributed by atoms with Crippen molar-refractivity contribution in [3.63, 3.8) is 0 Å². The van der Waals surface area contributed by atoms with E-state index >= 15 is 0 Å². The molecule has 1 heterocycles. The molecular formula is C27H32F3N3. The molecule has 1 aliphatic carbocycles. The Bertz CT molecular complexity index is 1000. The zero-order valence-electron chi connectivity index (χ0n) is 19.1. The Morgan fingerprint density at radius 3 is 2.33 bits per heavy atom. The lowest BCUT2D eigenvalue weighted by atomic mass is 9.83. The lowest BCUT2D eigenvalue weighted by molar-refractivity contribution is -0.137. The minimum absolute atomic E-state index is 0.597. The van der Waals surface area contributed by atoms with Crippen LogP contribution in [0.5, 0.6) is 0 Å². The van der Waals surface area contributed by atoms with E-state index in [0.29, 0.717) is 23.3 Å². The molecule has 3 nitrogen and oxygen atoms in total. The maximum atomic E-state index is 12.8. The van der Waals surface area contributed by atoms with E-state index in [1.54, 1.807) is 0 Å². The molecule has 2 aromatic carbocycles. The van der Waals surface area contributed by atoms with Crippen molar-refractivity contribution in [2.24, 2.45) is 5.92 Å². The van der Waals surface area contributed by atoms with E-state index in [1.807, 2.05) is 6.92 Å². The molecule has 1 saturated carbocycles. The Balaban J connectivity index is 1.23. The molecule has 6 heteroatoms. The molecule has 0 aliphatic heterocycles. The number of halogens is 3. The number of benzene rings is 2. The quantitative estimate of drug-likeness (QED) is 0.370. The van der Waals surface area contributed by atoms with Gasteiger partial charge in [-0.25, -0.2) is 4.98 Å². The predicted octanol–water partition coefficient (Wildman–Crippen LogP) is 6.73. The topological polar surface area (TPSA) is 40.7 Å². The molecule has 4 rings (SSSR count). The summed E-state index contributed by atoms with van der Waals surface area (Å²) in [4.78, 5) is 7.98. The van der Waals surface area contributed by atoms with Crippen LogP contribution in [0.2, 0.25) is 0 Å². The Hall–Kier alpha value is -2.60. The second-order valence-corrected chi connectivity index (χ2v) is 9.20. The molecule has 1 aromatic heterocycles. The third kappa shape index (κ3) is 6.47. The normalized spacial score (nSPS) is 19.0. The number of imidazole rings is 1. The zero-order valence-corrected chi connectivity index (χ0v) is 19.1. The largest absolute Gasteiger partial charge is 0.416 e. The van der Waals surface area contributed by atoms with Crippen LogP contribution < -0.4 is 5.32 Å². The highest BCUT2D eigenvalue weighted by atomic mass is 19.4. The molecule has 1 fully saturated rings. The highest BCUT2D eigenvalue weighted by Crippen LogP contribution is 2.32. The lowest BCUT2D eigenvalue weighted by Crippen LogP contribution is -2.34. The molecule has 33 heavy (non-hydrogen) atoms. The van der Waals surface area contributed by atoms with Gasteiger partial charge in [0.2, 0.25) is 0 Å². The number of nitrogens with one attached hydrogen (secondary N) is 2. The average Bonchev–Trinajstić information content (AvgIpc) is 3.18. The van der Waals surface area contributed by atoms with Crippen LogP contribution in [0.3, 0.4) is 0 Å². The van der Waals surface area contributed by atoms with Gasteiger partial charge < -0.3 is 10.3 Å². The van der Waals surface area contributed by atoms with Gasteiger partial charge in [-0.1, -0.05) is 42.5 Å². The Morgan fingerprint density at radius 1 is 0.970 bits per heavy atom. The standard InChI is InChI=1S/C27H32F3N3/c1-19-25(33-26(32-19)22-11-13-23(14-12-22)27(28,29)30)18-21-9-15-24(16-10-21)31-17-5-8-20-6-3-2-4-7-20/h2-4,6-7,11-14,21,24,31H,5,8-10,15-18H2,1H3,(H,32,33). The monoisotopic (exact) mass is 455 g/mol. The SMILES string of the molecule is Cc1[nH]c(-c2ccc(C(F)(F)F)cc2)nc1CC1CCC(NCCCc2ccccc2)CC1. The van der Waals surface area contributed by atoms with Crippen LogP contribution in [0.4, 0.5) is 13.2 Å². The molecule has 0 unspecified atom stereocenters. The van der Waals surface area contributed by atoms with Crippen LogP contribution in [-0.4, -0.2) is 22.6 Å². The molecule has 0 bridgehead atoms. The van der Waals surface area contributed by atoms with Gasteiger partial charge in [-0.3, -0.25) is 0 Å². The van der Waals surface area contributed by atoms with Gasteiger partial charge in [0.25, 0.3) is 0 Å². The summed E-state index contributed by atoms with van der Waals surface area (Å²) in [5, 5.41) is 3.73. The van der Waals surface area contributed by atoms with E-state index < -0.39 is 11.7 Å². The molecule has 176 valence electrons. The van der Waals surface area contributed by atoms with E-state index in [1.165, 1.54) is 43.4 Å². The maximum Gasteiger partial charge on any atom is 0.416 e. The van der Waals surface area contributed by atoms with Crippen LogP contribution in [-0.2, 0) is 19.0 Å². The first-order valence-electron chi connectivity index (χ1n) is 11.9. The van der Waals surface area contributed by atoms with E-state index in [-0.39, 0.29) is 0 Å². The van der Waals surface area contributed by atoms with Crippen LogP contribution >= 0.6 is 0 Å². The van der Waals surface area contributed by atoms with Crippen molar-refractivity contribution in [2.75, 3.05) is 6.54 Å². The molecule has 1 aliphatic rings. The van der Waals surface area contributed by atoms with Gasteiger partial charge in [0.05, 0.1) is 11.3 Å². The number of H-pyrrole nitrogens is 1. The van der Waals surface area contributed by atoms with Crippen molar-refractivity contribution in [2.45, 2.75) is 64.1 Å². The van der Waals surface area contributed by atoms with Gasteiger partial charge in [0, 0.05) is 17.3 Å². The van der Waals surface area contributed by atoms with E-state index in [4.69, 9.17) is 4.98 Å². The molecule has 0 amide bonds. The molecule has 0 radical (unpaired) electrons. The highest BCUT2D eigenvalue weighted by molar-refractivity contribution is 5.56. The fourth-order valence-electron chi connectivity index (χ4n) is 4.74. The van der Waals surface area contributed by atoms with Gasteiger partial charge in [-0.05, 0) is 82.0 Å². The summed E-state index contributed by atoms with van der Waals surface area (Å²) in [6, 6.07) is 16.4. The van der Waals surface area contributed by atoms with E-state index in [0.717, 1.165) is 49.3 Å². The number of aryl methyl sites for hydroxylation is 2. The average molecular weight is 456 g/mol. The second-order valence-electron chi connectivity index (χ2n) is 9.20. The zero-order chi connectivity index (χ0) is 23.3. The number of nitrogens with zero attached hydrogens (tertiary/aromatic N) is 1. The summed E-state index contributed by atoms with van der Waals surface area (Å²) < 4.78 is 38.4. The molecule has 0 atom stereocenters. The first-order valence-corrected chi connectivity index (χ1v) is 11.9. The van der Waals surface area contributed by atoms with Crippen molar-refractivity contribution in [1.29, 1.82) is 0 Å². The lowest BCUT2D eigenvalue weighted by Gasteiger charge is -2.29. The molecule has 0 spiro atoms. The van der Waals surface area contributed by atoms with Crippen LogP contribution in [0.15, 0.2) is 54.6 Å². The summed E-state index contributed by atoms with van der Waals surface area (Å²) in [6.45, 7) is 3.05. The Kier molecular flexibility index (Phi) is 7.53. The van der Waals surface area contributed by atoms with Crippen LogP contribution in [0, 0.1) is 12.8 Å². The van der Waals surface area contributed by atoms with Crippen LogP contribution in [0.1, 0.15) is 54.6 Å². The predicted molar refractivity (Wildman–Crippen MR) is 126 cm³/mol. The third-order valence-corrected chi connectivity index (χ3v) is 6.72. The summed E-state index contributed by atoms with van der Waals surface area (Å²) in [5.41, 5.74) is 3.48. The molecule has 0 saturated heterocycles. The number of rotatable bonds is 8. The van der Waals surface area contributed by atoms with Gasteiger partial charge in [0.15, 0.2) is 0 Å². The van der Waals surface area contributed by atoms with Crippen molar-refractivity contribution < 1.29 is 13.2 Å². The number of aromatic amines is 1. The van der Waals surface area contributed by atoms with Crippen molar-refractivity contribution in [3.05, 3.63) is 77.1 Å². The minimum Gasteiger partial charge on any atom is -0.342 e. The van der Waals surface area contributed by atoms with Gasteiger partial charge in [0.1, 0.15) is 5.82 Å². The molecule has 2 N–H and O–H groups in total. The van der Waals surface area contributed by atoms with E-state index in [9.17, 15) is 13.2 Å². The number of hydrogen-bond acceptors (Lipinski definition) is 2. The summed E-state index contributed by atoms with van der Waals surface area (Å²) in [5.74, 6) is 1.25. The number of aromatic nitrogens is 2. The number of hydrogen-bond donors (Lipinski definition) is 2. The fourth-order valence-corrected chi connectivity index (χ4v) is 4.74. The second kappa shape index (κ2) is 10.6. The third-order valence-electron chi connectivity index (χ3n) is 6.72. The highest BCUT2D eigenvalue weighted by Gasteiger charge is 2.30. The first-order chi connectivity index (χ1) is 15.9. The minimum atomic E-state index is -4.32. The van der Waals surface area contributed by atoms with Gasteiger partial charge in [-0.15, -0.1) is 0 Å². The molecular weight excluding hydrogens is 423 g/mol. The van der Waals surface area contributed by atoms with Crippen molar-refractivity contribution in [1.82, 2.24) is 15.3 Å². The Morgan fingerprint density at radius 2 is 1.67 bits per heavy atom. The fraction of sp³-hybridized carbons (Fsp3) is 0.444. The smallest absolute Gasteiger partial charge is 0.342 e. The van der Waals surface area contributed by atoms with Crippen molar-refractivity contribution >= 4 is 0 Å². The summed E-state index contributed by atoms with van der Waals surface area (Å²) in [7, 11) is 0. The Labute approximate surface area is 193 Å². The molecule has 3 aromatic rings. The number of alkyl halides is 3. The van der Waals surface area contributed by atoms with Crippen LogP contribution in [0.25, 0.3) is 11.4 Å². The summed E-state index contributed by atoms with van der Waals surface area (Å²) in [6.07, 6.45) is 3.60. The van der Waals surface area contributed by atoms with E-state index in [2.05, 4.69) is 40.6 Å². The van der Waals surface area contributed by atoms with Gasteiger partial charge >= 0.3 is 6.18 Å². The maximum absolute atomic E-state index is 12.8. The first kappa shape index (κ1) is 23.6. The van der Waals surface area contributed by atoms with Gasteiger partial charge in [-0.2, -0.15) is 13.2 Å². The van der Waals surface area contributed by atoms with Crippen molar-refractivity contribution in [3.8, 4) is 11.4 Å². The summed E-state index contributed by atoms with van der Waals surface area (Å²) >= 11 is 0.